The molecule has 2 aromatic rings. The van der Waals surface area contributed by atoms with Crippen molar-refractivity contribution in [2.24, 2.45) is 5.73 Å². The van der Waals surface area contributed by atoms with Crippen molar-refractivity contribution in [3.63, 3.8) is 0 Å². The van der Waals surface area contributed by atoms with E-state index < -0.39 is 5.91 Å². The SMILES string of the molecule is NC(=O)c1cnn(-c2ccccc2Cl)c1. The zero-order valence-corrected chi connectivity index (χ0v) is 8.48. The van der Waals surface area contributed by atoms with Crippen molar-refractivity contribution in [2.45, 2.75) is 0 Å². The van der Waals surface area contributed by atoms with E-state index in [0.29, 0.717) is 16.3 Å². The van der Waals surface area contributed by atoms with Crippen LogP contribution in [0.15, 0.2) is 36.7 Å². The van der Waals surface area contributed by atoms with Crippen LogP contribution in [-0.4, -0.2) is 15.7 Å². The summed E-state index contributed by atoms with van der Waals surface area (Å²) in [7, 11) is 0. The Morgan fingerprint density at radius 3 is 2.73 bits per heavy atom. The number of benzene rings is 1. The maximum absolute atomic E-state index is 10.9. The first-order valence-corrected chi connectivity index (χ1v) is 4.65. The van der Waals surface area contributed by atoms with E-state index in [1.807, 2.05) is 12.1 Å². The summed E-state index contributed by atoms with van der Waals surface area (Å²) in [5.74, 6) is -0.506. The van der Waals surface area contributed by atoms with Crippen LogP contribution < -0.4 is 5.73 Å². The normalized spacial score (nSPS) is 10.2. The van der Waals surface area contributed by atoms with E-state index >= 15 is 0 Å². The van der Waals surface area contributed by atoms with Gasteiger partial charge in [-0.05, 0) is 12.1 Å². The Balaban J connectivity index is 2.46. The third-order valence-electron chi connectivity index (χ3n) is 1.97. The van der Waals surface area contributed by atoms with Gasteiger partial charge in [-0.1, -0.05) is 23.7 Å². The van der Waals surface area contributed by atoms with E-state index in [-0.39, 0.29) is 0 Å². The number of carbonyl (C=O) groups excluding carboxylic acids is 1. The number of aromatic nitrogens is 2. The lowest BCUT2D eigenvalue weighted by molar-refractivity contribution is 0.100. The fourth-order valence-electron chi connectivity index (χ4n) is 1.22. The molecule has 2 rings (SSSR count). The van der Waals surface area contributed by atoms with Crippen molar-refractivity contribution in [3.8, 4) is 5.69 Å². The van der Waals surface area contributed by atoms with Gasteiger partial charge in [0.1, 0.15) is 0 Å². The van der Waals surface area contributed by atoms with E-state index in [9.17, 15) is 4.79 Å². The Morgan fingerprint density at radius 1 is 1.40 bits per heavy atom. The summed E-state index contributed by atoms with van der Waals surface area (Å²) >= 11 is 5.97. The first kappa shape index (κ1) is 9.73. The highest BCUT2D eigenvalue weighted by atomic mass is 35.5. The standard InChI is InChI=1S/C10H8ClN3O/c11-8-3-1-2-4-9(8)14-6-7(5-13-14)10(12)15/h1-6H,(H2,12,15). The number of nitrogens with zero attached hydrogens (tertiary/aromatic N) is 2. The second-order valence-electron chi connectivity index (χ2n) is 2.99. The molecular formula is C10H8ClN3O. The lowest BCUT2D eigenvalue weighted by atomic mass is 10.3. The van der Waals surface area contributed by atoms with Gasteiger partial charge < -0.3 is 5.73 Å². The zero-order chi connectivity index (χ0) is 10.8. The summed E-state index contributed by atoms with van der Waals surface area (Å²) in [6.07, 6.45) is 2.95. The average molecular weight is 222 g/mol. The fraction of sp³-hybridized carbons (Fsp3) is 0. The van der Waals surface area contributed by atoms with Crippen molar-refractivity contribution in [2.75, 3.05) is 0 Å². The van der Waals surface area contributed by atoms with Gasteiger partial charge in [0.15, 0.2) is 0 Å². The minimum absolute atomic E-state index is 0.356. The Kier molecular flexibility index (Phi) is 2.43. The van der Waals surface area contributed by atoms with E-state index in [1.54, 1.807) is 18.3 Å². The van der Waals surface area contributed by atoms with Gasteiger partial charge >= 0.3 is 0 Å². The van der Waals surface area contributed by atoms with E-state index in [4.69, 9.17) is 17.3 Å². The predicted molar refractivity (Wildman–Crippen MR) is 57.1 cm³/mol. The van der Waals surface area contributed by atoms with Crippen molar-refractivity contribution in [3.05, 3.63) is 47.2 Å². The lowest BCUT2D eigenvalue weighted by Crippen LogP contribution is -2.09. The van der Waals surface area contributed by atoms with Crippen LogP contribution in [0.2, 0.25) is 5.02 Å². The van der Waals surface area contributed by atoms with E-state index in [2.05, 4.69) is 5.10 Å². The predicted octanol–water partition coefficient (Wildman–Crippen LogP) is 1.62. The van der Waals surface area contributed by atoms with Crippen LogP contribution in [0.5, 0.6) is 0 Å². The molecule has 0 saturated heterocycles. The number of para-hydroxylation sites is 1. The molecule has 1 amide bonds. The third kappa shape index (κ3) is 1.85. The first-order chi connectivity index (χ1) is 7.18. The van der Waals surface area contributed by atoms with Crippen LogP contribution in [-0.2, 0) is 0 Å². The van der Waals surface area contributed by atoms with Crippen LogP contribution in [0.25, 0.3) is 5.69 Å². The molecule has 0 fully saturated rings. The van der Waals surface area contributed by atoms with Gasteiger partial charge in [-0.3, -0.25) is 4.79 Å². The van der Waals surface area contributed by atoms with Gasteiger partial charge in [-0.2, -0.15) is 5.10 Å². The molecule has 15 heavy (non-hydrogen) atoms. The van der Waals surface area contributed by atoms with Crippen LogP contribution in [0.3, 0.4) is 0 Å². The quantitative estimate of drug-likeness (QED) is 0.838. The molecular weight excluding hydrogens is 214 g/mol. The van der Waals surface area contributed by atoms with Crippen molar-refractivity contribution in [1.29, 1.82) is 0 Å². The molecule has 1 aromatic heterocycles. The number of nitrogens with two attached hydrogens (primary N) is 1. The molecule has 0 saturated carbocycles. The molecule has 0 spiro atoms. The molecule has 0 aliphatic rings. The minimum Gasteiger partial charge on any atom is -0.366 e. The van der Waals surface area contributed by atoms with Gasteiger partial charge in [-0.25, -0.2) is 4.68 Å². The molecule has 0 atom stereocenters. The molecule has 0 unspecified atom stereocenters. The smallest absolute Gasteiger partial charge is 0.251 e. The largest absolute Gasteiger partial charge is 0.366 e. The number of amides is 1. The highest BCUT2D eigenvalue weighted by Crippen LogP contribution is 2.18. The number of rotatable bonds is 2. The number of halogens is 1. The van der Waals surface area contributed by atoms with Crippen molar-refractivity contribution >= 4 is 17.5 Å². The van der Waals surface area contributed by atoms with Gasteiger partial charge in [0.25, 0.3) is 5.91 Å². The number of hydrogen-bond acceptors (Lipinski definition) is 2. The van der Waals surface area contributed by atoms with Crippen molar-refractivity contribution in [1.82, 2.24) is 9.78 Å². The highest BCUT2D eigenvalue weighted by molar-refractivity contribution is 6.32. The maximum Gasteiger partial charge on any atom is 0.251 e. The van der Waals surface area contributed by atoms with Gasteiger partial charge in [-0.15, -0.1) is 0 Å². The molecule has 4 nitrogen and oxygen atoms in total. The number of primary amides is 1. The minimum atomic E-state index is -0.506. The Labute approximate surface area is 91.3 Å². The second-order valence-corrected chi connectivity index (χ2v) is 3.40. The van der Waals surface area contributed by atoms with E-state index in [0.717, 1.165) is 0 Å². The van der Waals surface area contributed by atoms with Gasteiger partial charge in [0.2, 0.25) is 0 Å². The summed E-state index contributed by atoms with van der Waals surface area (Å²) in [5.41, 5.74) is 6.19. The zero-order valence-electron chi connectivity index (χ0n) is 7.72. The summed E-state index contributed by atoms with van der Waals surface area (Å²) in [5, 5.41) is 4.57. The maximum atomic E-state index is 10.9. The summed E-state index contributed by atoms with van der Waals surface area (Å²) in [6.45, 7) is 0. The number of hydrogen-bond donors (Lipinski definition) is 1. The lowest BCUT2D eigenvalue weighted by Gasteiger charge is -2.02. The molecule has 1 aromatic carbocycles. The molecule has 5 heteroatoms. The third-order valence-corrected chi connectivity index (χ3v) is 2.29. The molecule has 0 bridgehead atoms. The molecule has 1 heterocycles. The molecule has 76 valence electrons. The molecule has 0 aliphatic carbocycles. The Bertz CT molecular complexity index is 507. The monoisotopic (exact) mass is 221 g/mol. The fourth-order valence-corrected chi connectivity index (χ4v) is 1.44. The second kappa shape index (κ2) is 3.74. The van der Waals surface area contributed by atoms with Crippen LogP contribution in [0.1, 0.15) is 10.4 Å². The van der Waals surface area contributed by atoms with E-state index in [1.165, 1.54) is 10.9 Å². The first-order valence-electron chi connectivity index (χ1n) is 4.28. The van der Waals surface area contributed by atoms with Crippen LogP contribution >= 0.6 is 11.6 Å². The van der Waals surface area contributed by atoms with Gasteiger partial charge in [0.05, 0.1) is 22.5 Å². The number of carbonyl (C=O) groups is 1. The van der Waals surface area contributed by atoms with Crippen LogP contribution in [0.4, 0.5) is 0 Å². The Morgan fingerprint density at radius 2 is 2.13 bits per heavy atom. The molecule has 0 aliphatic heterocycles. The highest BCUT2D eigenvalue weighted by Gasteiger charge is 2.07. The van der Waals surface area contributed by atoms with Gasteiger partial charge in [0, 0.05) is 6.20 Å². The van der Waals surface area contributed by atoms with Crippen molar-refractivity contribution < 1.29 is 4.79 Å². The summed E-state index contributed by atoms with van der Waals surface area (Å²) < 4.78 is 1.52. The summed E-state index contributed by atoms with van der Waals surface area (Å²) in [6, 6.07) is 7.22. The topological polar surface area (TPSA) is 60.9 Å². The Hall–Kier alpha value is -1.81. The average Bonchev–Trinajstić information content (AvgIpc) is 2.67. The summed E-state index contributed by atoms with van der Waals surface area (Å²) in [4.78, 5) is 10.9. The molecule has 2 N–H and O–H groups in total. The molecule has 0 radical (unpaired) electrons. The van der Waals surface area contributed by atoms with Crippen LogP contribution in [0, 0.1) is 0 Å².